The zero-order chi connectivity index (χ0) is 13.8. The largest absolute Gasteiger partial charge is 0.330 e. The van der Waals surface area contributed by atoms with Crippen LogP contribution in [0.2, 0.25) is 5.02 Å². The van der Waals surface area contributed by atoms with Crippen LogP contribution in [-0.4, -0.2) is 6.54 Å². The molecule has 1 atom stereocenters. The molecule has 0 aliphatic carbocycles. The van der Waals surface area contributed by atoms with Gasteiger partial charge < -0.3 is 5.73 Å². The molecule has 2 rings (SSSR count). The van der Waals surface area contributed by atoms with Crippen LogP contribution < -0.4 is 5.73 Å². The molecule has 3 heteroatoms. The van der Waals surface area contributed by atoms with Gasteiger partial charge in [-0.15, -0.1) is 0 Å². The van der Waals surface area contributed by atoms with E-state index in [1.807, 2.05) is 6.07 Å². The highest BCUT2D eigenvalue weighted by molar-refractivity contribution is 6.30. The fourth-order valence-corrected chi connectivity index (χ4v) is 2.24. The molecule has 0 spiro atoms. The summed E-state index contributed by atoms with van der Waals surface area (Å²) in [5, 5.41) is 0.156. The molecule has 0 saturated carbocycles. The fraction of sp³-hybridized carbons (Fsp3) is 0.250. The van der Waals surface area contributed by atoms with E-state index >= 15 is 0 Å². The molecule has 0 fully saturated rings. The zero-order valence-corrected chi connectivity index (χ0v) is 11.6. The van der Waals surface area contributed by atoms with Crippen LogP contribution >= 0.6 is 11.6 Å². The first-order valence-electron chi connectivity index (χ1n) is 6.30. The van der Waals surface area contributed by atoms with Crippen LogP contribution in [0.5, 0.6) is 0 Å². The topological polar surface area (TPSA) is 26.0 Å². The molecule has 100 valence electrons. The van der Waals surface area contributed by atoms with Gasteiger partial charge in [0.15, 0.2) is 0 Å². The highest BCUT2D eigenvalue weighted by atomic mass is 35.5. The highest BCUT2D eigenvalue weighted by Gasteiger charge is 2.11. The van der Waals surface area contributed by atoms with E-state index < -0.39 is 0 Å². The van der Waals surface area contributed by atoms with Crippen molar-refractivity contribution < 1.29 is 4.39 Å². The lowest BCUT2D eigenvalue weighted by Gasteiger charge is -2.16. The Morgan fingerprint density at radius 1 is 1.16 bits per heavy atom. The van der Waals surface area contributed by atoms with Crippen LogP contribution in [-0.2, 0) is 6.42 Å². The molecule has 0 aromatic heterocycles. The Kier molecular flexibility index (Phi) is 4.56. The van der Waals surface area contributed by atoms with Gasteiger partial charge in [0.1, 0.15) is 5.82 Å². The maximum absolute atomic E-state index is 13.4. The molecular formula is C16H17ClFN. The SMILES string of the molecule is Cc1ccc(C(CN)Cc2ccc(Cl)c(F)c2)cc1. The second-order valence-corrected chi connectivity index (χ2v) is 5.20. The van der Waals surface area contributed by atoms with Crippen LogP contribution in [0.1, 0.15) is 22.6 Å². The third kappa shape index (κ3) is 3.55. The summed E-state index contributed by atoms with van der Waals surface area (Å²) in [6, 6.07) is 13.2. The second-order valence-electron chi connectivity index (χ2n) is 4.80. The quantitative estimate of drug-likeness (QED) is 0.896. The molecular weight excluding hydrogens is 261 g/mol. The molecule has 2 aromatic rings. The molecule has 2 aromatic carbocycles. The van der Waals surface area contributed by atoms with Gasteiger partial charge in [0.05, 0.1) is 5.02 Å². The van der Waals surface area contributed by atoms with Crippen molar-refractivity contribution in [3.05, 3.63) is 70.0 Å². The van der Waals surface area contributed by atoms with Gasteiger partial charge in [-0.3, -0.25) is 0 Å². The molecule has 0 heterocycles. The molecule has 0 amide bonds. The van der Waals surface area contributed by atoms with Gasteiger partial charge in [-0.2, -0.15) is 0 Å². The monoisotopic (exact) mass is 277 g/mol. The molecule has 19 heavy (non-hydrogen) atoms. The van der Waals surface area contributed by atoms with Crippen molar-refractivity contribution in [1.82, 2.24) is 0 Å². The minimum Gasteiger partial charge on any atom is -0.330 e. The smallest absolute Gasteiger partial charge is 0.142 e. The van der Waals surface area contributed by atoms with Crippen molar-refractivity contribution in [3.63, 3.8) is 0 Å². The number of halogens is 2. The summed E-state index contributed by atoms with van der Waals surface area (Å²) in [4.78, 5) is 0. The fourth-order valence-electron chi connectivity index (χ4n) is 2.13. The van der Waals surface area contributed by atoms with E-state index in [1.165, 1.54) is 17.2 Å². The average molecular weight is 278 g/mol. The minimum atomic E-state index is -0.376. The van der Waals surface area contributed by atoms with Crippen molar-refractivity contribution in [2.45, 2.75) is 19.3 Å². The number of benzene rings is 2. The van der Waals surface area contributed by atoms with E-state index in [0.717, 1.165) is 5.56 Å². The van der Waals surface area contributed by atoms with E-state index in [9.17, 15) is 4.39 Å². The molecule has 0 saturated heterocycles. The highest BCUT2D eigenvalue weighted by Crippen LogP contribution is 2.23. The predicted molar refractivity (Wildman–Crippen MR) is 78.1 cm³/mol. The van der Waals surface area contributed by atoms with Gasteiger partial charge in [0.2, 0.25) is 0 Å². The van der Waals surface area contributed by atoms with Gasteiger partial charge in [-0.05, 0) is 43.1 Å². The zero-order valence-electron chi connectivity index (χ0n) is 10.9. The van der Waals surface area contributed by atoms with Crippen molar-refractivity contribution in [3.8, 4) is 0 Å². The van der Waals surface area contributed by atoms with E-state index in [1.54, 1.807) is 6.07 Å². The normalized spacial score (nSPS) is 12.4. The Hall–Kier alpha value is -1.38. The van der Waals surface area contributed by atoms with Gasteiger partial charge in [0.25, 0.3) is 0 Å². The number of hydrogen-bond acceptors (Lipinski definition) is 1. The number of rotatable bonds is 4. The van der Waals surface area contributed by atoms with Gasteiger partial charge in [0, 0.05) is 5.92 Å². The molecule has 0 radical (unpaired) electrons. The molecule has 1 nitrogen and oxygen atoms in total. The number of hydrogen-bond donors (Lipinski definition) is 1. The first-order valence-corrected chi connectivity index (χ1v) is 6.68. The summed E-state index contributed by atoms with van der Waals surface area (Å²) >= 11 is 5.69. The van der Waals surface area contributed by atoms with E-state index in [-0.39, 0.29) is 16.8 Å². The van der Waals surface area contributed by atoms with Gasteiger partial charge >= 0.3 is 0 Å². The summed E-state index contributed by atoms with van der Waals surface area (Å²) in [5.74, 6) is -0.181. The van der Waals surface area contributed by atoms with Crippen LogP contribution in [0, 0.1) is 12.7 Å². The Morgan fingerprint density at radius 2 is 1.84 bits per heavy atom. The first kappa shape index (κ1) is 14.0. The van der Waals surface area contributed by atoms with Crippen LogP contribution in [0.4, 0.5) is 4.39 Å². The van der Waals surface area contributed by atoms with Crippen LogP contribution in [0.15, 0.2) is 42.5 Å². The summed E-state index contributed by atoms with van der Waals surface area (Å²) in [6.45, 7) is 2.59. The maximum Gasteiger partial charge on any atom is 0.142 e. The van der Waals surface area contributed by atoms with Crippen LogP contribution in [0.25, 0.3) is 0 Å². The number of nitrogens with two attached hydrogens (primary N) is 1. The first-order chi connectivity index (χ1) is 9.10. The van der Waals surface area contributed by atoms with Crippen LogP contribution in [0.3, 0.4) is 0 Å². The Morgan fingerprint density at radius 3 is 2.42 bits per heavy atom. The predicted octanol–water partition coefficient (Wildman–Crippen LogP) is 4.07. The molecule has 1 unspecified atom stereocenters. The Balaban J connectivity index is 2.18. The third-order valence-corrected chi connectivity index (χ3v) is 3.61. The van der Waals surface area contributed by atoms with Crippen molar-refractivity contribution in [2.24, 2.45) is 5.73 Å². The van der Waals surface area contributed by atoms with Gasteiger partial charge in [-0.25, -0.2) is 4.39 Å². The third-order valence-electron chi connectivity index (χ3n) is 3.30. The number of aryl methyl sites for hydroxylation is 1. The van der Waals surface area contributed by atoms with E-state index in [4.69, 9.17) is 17.3 Å². The lowest BCUT2D eigenvalue weighted by molar-refractivity contribution is 0.621. The standard InChI is InChI=1S/C16H17ClFN/c1-11-2-5-13(6-3-11)14(10-19)8-12-4-7-15(17)16(18)9-12/h2-7,9,14H,8,10,19H2,1H3. The average Bonchev–Trinajstić information content (AvgIpc) is 2.41. The summed E-state index contributed by atoms with van der Waals surface area (Å²) in [7, 11) is 0. The van der Waals surface area contributed by atoms with Gasteiger partial charge in [-0.1, -0.05) is 47.5 Å². The lowest BCUT2D eigenvalue weighted by Crippen LogP contribution is -2.15. The van der Waals surface area contributed by atoms with E-state index in [2.05, 4.69) is 31.2 Å². The second kappa shape index (κ2) is 6.18. The van der Waals surface area contributed by atoms with E-state index in [0.29, 0.717) is 13.0 Å². The Labute approximate surface area is 118 Å². The lowest BCUT2D eigenvalue weighted by atomic mass is 9.91. The molecule has 2 N–H and O–H groups in total. The van der Waals surface area contributed by atoms with Crippen molar-refractivity contribution in [1.29, 1.82) is 0 Å². The molecule has 0 aliphatic rings. The summed E-state index contributed by atoms with van der Waals surface area (Å²) < 4.78 is 13.4. The van der Waals surface area contributed by atoms with Crippen molar-refractivity contribution in [2.75, 3.05) is 6.54 Å². The summed E-state index contributed by atoms with van der Waals surface area (Å²) in [6.07, 6.45) is 0.716. The molecule has 0 bridgehead atoms. The Bertz CT molecular complexity index is 551. The maximum atomic E-state index is 13.4. The molecule has 0 aliphatic heterocycles. The van der Waals surface area contributed by atoms with Crippen molar-refractivity contribution >= 4 is 11.6 Å². The summed E-state index contributed by atoms with van der Waals surface area (Å²) in [5.41, 5.74) is 9.16. The minimum absolute atomic E-state index is 0.156.